The summed E-state index contributed by atoms with van der Waals surface area (Å²) in [7, 11) is 0. The highest BCUT2D eigenvalue weighted by Crippen LogP contribution is 2.20. The summed E-state index contributed by atoms with van der Waals surface area (Å²) in [6, 6.07) is 0.290. The minimum absolute atomic E-state index is 0.145. The fourth-order valence-corrected chi connectivity index (χ4v) is 2.93. The lowest BCUT2D eigenvalue weighted by Crippen LogP contribution is -2.45. The van der Waals surface area contributed by atoms with E-state index in [9.17, 15) is 4.79 Å². The van der Waals surface area contributed by atoms with Gasteiger partial charge in [-0.05, 0) is 38.8 Å². The van der Waals surface area contributed by atoms with Crippen molar-refractivity contribution in [1.29, 1.82) is 0 Å². The van der Waals surface area contributed by atoms with Crippen LogP contribution in [0.4, 0.5) is 0 Å². The lowest BCUT2D eigenvalue weighted by molar-refractivity contribution is -0.131. The van der Waals surface area contributed by atoms with Crippen molar-refractivity contribution in [2.24, 2.45) is 5.73 Å². The molecule has 0 radical (unpaired) electrons. The summed E-state index contributed by atoms with van der Waals surface area (Å²) in [5.74, 6) is 0.145. The highest BCUT2D eigenvalue weighted by molar-refractivity contribution is 5.81. The minimum Gasteiger partial charge on any atom is -0.340 e. The number of rotatable bonds is 3. The molecule has 1 unspecified atom stereocenters. The van der Waals surface area contributed by atoms with E-state index in [2.05, 4.69) is 4.90 Å². The van der Waals surface area contributed by atoms with Crippen LogP contribution in [0.15, 0.2) is 0 Å². The van der Waals surface area contributed by atoms with Crippen molar-refractivity contribution in [2.45, 2.75) is 51.1 Å². The van der Waals surface area contributed by atoms with Crippen LogP contribution in [0.25, 0.3) is 0 Å². The van der Waals surface area contributed by atoms with Gasteiger partial charge in [0.2, 0.25) is 5.91 Å². The standard InChI is InChI=1S/C13H25N3O/c1-2-12(14)13(17)16-9-6-11(10-16)15-7-4-3-5-8-15/h11-12H,2-10,14H2,1H3/t11?,12-/m0/s1. The largest absolute Gasteiger partial charge is 0.340 e. The predicted octanol–water partition coefficient (Wildman–Crippen LogP) is 0.811. The molecule has 0 spiro atoms. The van der Waals surface area contributed by atoms with E-state index in [1.54, 1.807) is 0 Å². The summed E-state index contributed by atoms with van der Waals surface area (Å²) in [5.41, 5.74) is 5.82. The Labute approximate surface area is 104 Å². The molecule has 0 saturated carbocycles. The van der Waals surface area contributed by atoms with E-state index in [0.717, 1.165) is 25.9 Å². The van der Waals surface area contributed by atoms with E-state index in [1.807, 2.05) is 11.8 Å². The Balaban J connectivity index is 1.84. The number of carbonyl (C=O) groups excluding carboxylic acids is 1. The monoisotopic (exact) mass is 239 g/mol. The fraction of sp³-hybridized carbons (Fsp3) is 0.923. The van der Waals surface area contributed by atoms with Gasteiger partial charge in [0, 0.05) is 19.1 Å². The molecule has 2 aliphatic rings. The Morgan fingerprint density at radius 2 is 2.00 bits per heavy atom. The lowest BCUT2D eigenvalue weighted by Gasteiger charge is -2.32. The maximum atomic E-state index is 12.0. The van der Waals surface area contributed by atoms with Crippen LogP contribution in [-0.2, 0) is 4.79 Å². The molecule has 2 aliphatic heterocycles. The second kappa shape index (κ2) is 5.83. The first-order valence-electron chi connectivity index (χ1n) is 7.00. The zero-order valence-electron chi connectivity index (χ0n) is 10.9. The smallest absolute Gasteiger partial charge is 0.239 e. The van der Waals surface area contributed by atoms with E-state index in [0.29, 0.717) is 6.04 Å². The molecule has 0 aromatic heterocycles. The van der Waals surface area contributed by atoms with Gasteiger partial charge in [0.05, 0.1) is 6.04 Å². The minimum atomic E-state index is -0.296. The van der Waals surface area contributed by atoms with Gasteiger partial charge in [0.25, 0.3) is 0 Å². The van der Waals surface area contributed by atoms with Crippen molar-refractivity contribution in [3.8, 4) is 0 Å². The second-order valence-electron chi connectivity index (χ2n) is 5.34. The molecular weight excluding hydrogens is 214 g/mol. The van der Waals surface area contributed by atoms with Crippen LogP contribution in [0.3, 0.4) is 0 Å². The number of nitrogens with two attached hydrogens (primary N) is 1. The zero-order chi connectivity index (χ0) is 12.3. The third-order valence-electron chi connectivity index (χ3n) is 4.14. The number of amides is 1. The molecule has 0 aromatic carbocycles. The molecule has 4 heteroatoms. The van der Waals surface area contributed by atoms with Gasteiger partial charge in [-0.15, -0.1) is 0 Å². The topological polar surface area (TPSA) is 49.6 Å². The molecule has 2 atom stereocenters. The van der Waals surface area contributed by atoms with Crippen LogP contribution >= 0.6 is 0 Å². The van der Waals surface area contributed by atoms with E-state index in [4.69, 9.17) is 5.73 Å². The summed E-state index contributed by atoms with van der Waals surface area (Å²) in [6.07, 6.45) is 5.87. The summed E-state index contributed by atoms with van der Waals surface area (Å²) < 4.78 is 0. The molecular formula is C13H25N3O. The number of piperidine rings is 1. The second-order valence-corrected chi connectivity index (χ2v) is 5.34. The van der Waals surface area contributed by atoms with Crippen molar-refractivity contribution < 1.29 is 4.79 Å². The highest BCUT2D eigenvalue weighted by atomic mass is 16.2. The van der Waals surface area contributed by atoms with Crippen molar-refractivity contribution in [2.75, 3.05) is 26.2 Å². The number of likely N-dealkylation sites (tertiary alicyclic amines) is 2. The zero-order valence-corrected chi connectivity index (χ0v) is 10.9. The van der Waals surface area contributed by atoms with E-state index < -0.39 is 0 Å². The maximum absolute atomic E-state index is 12.0. The van der Waals surface area contributed by atoms with Crippen molar-refractivity contribution >= 4 is 5.91 Å². The van der Waals surface area contributed by atoms with Gasteiger partial charge in [-0.1, -0.05) is 13.3 Å². The van der Waals surface area contributed by atoms with Crippen LogP contribution in [0.2, 0.25) is 0 Å². The summed E-state index contributed by atoms with van der Waals surface area (Å²) >= 11 is 0. The lowest BCUT2D eigenvalue weighted by atomic mass is 10.1. The Morgan fingerprint density at radius 1 is 1.29 bits per heavy atom. The Bertz CT molecular complexity index is 263. The number of hydrogen-bond acceptors (Lipinski definition) is 3. The summed E-state index contributed by atoms with van der Waals surface area (Å²) in [5, 5.41) is 0. The molecule has 2 heterocycles. The number of hydrogen-bond donors (Lipinski definition) is 1. The Kier molecular flexibility index (Phi) is 4.40. The van der Waals surface area contributed by atoms with Crippen molar-refractivity contribution in [1.82, 2.24) is 9.80 Å². The van der Waals surface area contributed by atoms with Gasteiger partial charge in [-0.3, -0.25) is 9.69 Å². The number of carbonyl (C=O) groups is 1. The Morgan fingerprint density at radius 3 is 2.65 bits per heavy atom. The molecule has 0 aliphatic carbocycles. The van der Waals surface area contributed by atoms with Crippen LogP contribution in [0.1, 0.15) is 39.0 Å². The van der Waals surface area contributed by atoms with Crippen molar-refractivity contribution in [3.63, 3.8) is 0 Å². The normalized spacial score (nSPS) is 28.4. The molecule has 4 nitrogen and oxygen atoms in total. The van der Waals surface area contributed by atoms with E-state index in [-0.39, 0.29) is 11.9 Å². The molecule has 17 heavy (non-hydrogen) atoms. The summed E-state index contributed by atoms with van der Waals surface area (Å²) in [6.45, 7) is 6.19. The SMILES string of the molecule is CC[C@H](N)C(=O)N1CCC(N2CCCCC2)C1. The first-order valence-corrected chi connectivity index (χ1v) is 7.00. The first kappa shape index (κ1) is 12.8. The van der Waals surface area contributed by atoms with Crippen LogP contribution in [-0.4, -0.2) is 54.0 Å². The van der Waals surface area contributed by atoms with Gasteiger partial charge < -0.3 is 10.6 Å². The van der Waals surface area contributed by atoms with Crippen LogP contribution in [0.5, 0.6) is 0 Å². The van der Waals surface area contributed by atoms with Crippen molar-refractivity contribution in [3.05, 3.63) is 0 Å². The van der Waals surface area contributed by atoms with Gasteiger partial charge in [0.1, 0.15) is 0 Å². The molecule has 98 valence electrons. The molecule has 0 bridgehead atoms. The van der Waals surface area contributed by atoms with Gasteiger partial charge in [0.15, 0.2) is 0 Å². The van der Waals surface area contributed by atoms with Gasteiger partial charge in [-0.25, -0.2) is 0 Å². The van der Waals surface area contributed by atoms with Gasteiger partial charge >= 0.3 is 0 Å². The third-order valence-corrected chi connectivity index (χ3v) is 4.14. The molecule has 1 amide bonds. The molecule has 2 saturated heterocycles. The van der Waals surface area contributed by atoms with E-state index >= 15 is 0 Å². The van der Waals surface area contributed by atoms with Gasteiger partial charge in [-0.2, -0.15) is 0 Å². The third kappa shape index (κ3) is 2.99. The first-order chi connectivity index (χ1) is 8.22. The molecule has 2 fully saturated rings. The Hall–Kier alpha value is -0.610. The molecule has 2 rings (SSSR count). The summed E-state index contributed by atoms with van der Waals surface area (Å²) in [4.78, 5) is 16.5. The number of nitrogens with zero attached hydrogens (tertiary/aromatic N) is 2. The van der Waals surface area contributed by atoms with E-state index in [1.165, 1.54) is 32.4 Å². The fourth-order valence-electron chi connectivity index (χ4n) is 2.93. The van der Waals surface area contributed by atoms with Crippen LogP contribution < -0.4 is 5.73 Å². The highest BCUT2D eigenvalue weighted by Gasteiger charge is 2.32. The average Bonchev–Trinajstić information content (AvgIpc) is 2.87. The maximum Gasteiger partial charge on any atom is 0.239 e. The van der Waals surface area contributed by atoms with Crippen LogP contribution in [0, 0.1) is 0 Å². The average molecular weight is 239 g/mol. The molecule has 0 aromatic rings. The predicted molar refractivity (Wildman–Crippen MR) is 68.7 cm³/mol. The quantitative estimate of drug-likeness (QED) is 0.793. The molecule has 2 N–H and O–H groups in total.